The van der Waals surface area contributed by atoms with Crippen LogP contribution in [-0.4, -0.2) is 25.8 Å². The number of aryl methyl sites for hydroxylation is 3. The maximum Gasteiger partial charge on any atom is 0.237 e. The largest absolute Gasteiger partial charge is 0.325 e. The zero-order chi connectivity index (χ0) is 21.3. The van der Waals surface area contributed by atoms with Crippen molar-refractivity contribution >= 4 is 39.9 Å². The summed E-state index contributed by atoms with van der Waals surface area (Å²) in [5.41, 5.74) is 6.26. The Balaban J connectivity index is 1.70. The van der Waals surface area contributed by atoms with Gasteiger partial charge in [0.15, 0.2) is 10.8 Å². The van der Waals surface area contributed by atoms with Gasteiger partial charge in [-0.15, -0.1) is 10.2 Å². The lowest BCUT2D eigenvalue weighted by atomic mass is 10.1. The maximum absolute atomic E-state index is 13.1. The molecule has 2 heterocycles. The molecule has 0 aliphatic carbocycles. The predicted molar refractivity (Wildman–Crippen MR) is 124 cm³/mol. The number of anilines is 1. The lowest BCUT2D eigenvalue weighted by molar-refractivity contribution is -0.115. The normalized spacial score (nSPS) is 12.4. The van der Waals surface area contributed by atoms with Gasteiger partial charge in [-0.1, -0.05) is 62.0 Å². The number of hydrogen-bond donors (Lipinski definition) is 1. The van der Waals surface area contributed by atoms with Crippen molar-refractivity contribution in [2.45, 2.75) is 50.9 Å². The number of nitrogens with one attached hydrogen (secondary N) is 1. The minimum atomic E-state index is -0.261. The van der Waals surface area contributed by atoms with Crippen LogP contribution in [-0.2, 0) is 11.2 Å². The summed E-state index contributed by atoms with van der Waals surface area (Å²) in [6, 6.07) is 16.3. The van der Waals surface area contributed by atoms with E-state index in [2.05, 4.69) is 65.0 Å². The Morgan fingerprint density at radius 1 is 1.07 bits per heavy atom. The van der Waals surface area contributed by atoms with Gasteiger partial charge in [-0.25, -0.2) is 0 Å². The van der Waals surface area contributed by atoms with E-state index < -0.39 is 0 Å². The van der Waals surface area contributed by atoms with E-state index >= 15 is 0 Å². The molecule has 0 saturated carbocycles. The second-order valence-electron chi connectivity index (χ2n) is 7.49. The van der Waals surface area contributed by atoms with E-state index in [-0.39, 0.29) is 11.2 Å². The second kappa shape index (κ2) is 8.48. The van der Waals surface area contributed by atoms with Crippen molar-refractivity contribution in [1.29, 1.82) is 0 Å². The lowest BCUT2D eigenvalue weighted by Gasteiger charge is -2.16. The molecule has 2 aromatic carbocycles. The van der Waals surface area contributed by atoms with Crippen molar-refractivity contribution in [3.8, 4) is 0 Å². The third kappa shape index (κ3) is 3.67. The minimum Gasteiger partial charge on any atom is -0.325 e. The lowest BCUT2D eigenvalue weighted by Crippen LogP contribution is -2.25. The smallest absolute Gasteiger partial charge is 0.237 e. The first-order valence-corrected chi connectivity index (χ1v) is 11.2. The highest BCUT2D eigenvalue weighted by atomic mass is 32.2. The molecule has 0 aliphatic rings. The van der Waals surface area contributed by atoms with E-state index in [1.165, 1.54) is 22.7 Å². The molecule has 4 rings (SSSR count). The summed E-state index contributed by atoms with van der Waals surface area (Å²) in [5, 5.41) is 13.6. The zero-order valence-corrected chi connectivity index (χ0v) is 18.6. The van der Waals surface area contributed by atoms with Crippen molar-refractivity contribution in [3.05, 3.63) is 65.2 Å². The van der Waals surface area contributed by atoms with E-state index in [1.807, 2.05) is 31.2 Å². The number of aromatic nitrogens is 3. The zero-order valence-electron chi connectivity index (χ0n) is 17.8. The summed E-state index contributed by atoms with van der Waals surface area (Å²) >= 11 is 1.47. The summed E-state index contributed by atoms with van der Waals surface area (Å²) < 4.78 is 2.08. The van der Waals surface area contributed by atoms with E-state index in [0.717, 1.165) is 39.6 Å². The number of benzene rings is 2. The number of amides is 1. The van der Waals surface area contributed by atoms with Gasteiger partial charge in [0.05, 0.1) is 10.8 Å². The van der Waals surface area contributed by atoms with Crippen LogP contribution in [0.15, 0.2) is 53.7 Å². The molecule has 0 fully saturated rings. The Kier molecular flexibility index (Phi) is 5.77. The summed E-state index contributed by atoms with van der Waals surface area (Å²) in [4.78, 5) is 13.1. The number of para-hydroxylation sites is 2. The molecule has 0 radical (unpaired) electrons. The van der Waals surface area contributed by atoms with Crippen molar-refractivity contribution < 1.29 is 4.79 Å². The quantitative estimate of drug-likeness (QED) is 0.416. The van der Waals surface area contributed by atoms with Crippen molar-refractivity contribution in [2.24, 2.45) is 0 Å². The fourth-order valence-corrected chi connectivity index (χ4v) is 4.79. The number of pyridine rings is 1. The fourth-order valence-electron chi connectivity index (χ4n) is 3.82. The minimum absolute atomic E-state index is 0.00621. The predicted octanol–water partition coefficient (Wildman–Crippen LogP) is 5.57. The molecule has 0 aliphatic heterocycles. The topological polar surface area (TPSA) is 59.3 Å². The standard InChI is InChI=1S/C24H26N4OS/c1-5-17-11-7-8-13-19(17)25-23(29)20(6-2)30-24-27-26-21-14-16(4)18-12-9-10-15(3)22(18)28(21)24/h7-14,20H,5-6H2,1-4H3,(H,25,29). The highest BCUT2D eigenvalue weighted by molar-refractivity contribution is 8.00. The molecule has 1 atom stereocenters. The average molecular weight is 419 g/mol. The van der Waals surface area contributed by atoms with Crippen LogP contribution < -0.4 is 5.32 Å². The van der Waals surface area contributed by atoms with E-state index in [4.69, 9.17) is 0 Å². The highest BCUT2D eigenvalue weighted by Gasteiger charge is 2.23. The van der Waals surface area contributed by atoms with Crippen LogP contribution in [0.4, 0.5) is 5.69 Å². The van der Waals surface area contributed by atoms with Gasteiger partial charge in [-0.05, 0) is 55.5 Å². The number of fused-ring (bicyclic) bond motifs is 3. The maximum atomic E-state index is 13.1. The van der Waals surface area contributed by atoms with Crippen LogP contribution in [0.3, 0.4) is 0 Å². The highest BCUT2D eigenvalue weighted by Crippen LogP contribution is 2.31. The number of carbonyl (C=O) groups is 1. The first-order chi connectivity index (χ1) is 14.5. The Labute approximate surface area is 180 Å². The van der Waals surface area contributed by atoms with Crippen LogP contribution in [0.2, 0.25) is 0 Å². The molecule has 5 nitrogen and oxygen atoms in total. The van der Waals surface area contributed by atoms with E-state index in [9.17, 15) is 4.79 Å². The molecule has 6 heteroatoms. The van der Waals surface area contributed by atoms with Gasteiger partial charge in [0.25, 0.3) is 0 Å². The van der Waals surface area contributed by atoms with E-state index in [1.54, 1.807) is 0 Å². The number of thioether (sulfide) groups is 1. The Morgan fingerprint density at radius 2 is 1.87 bits per heavy atom. The molecule has 2 aromatic heterocycles. The van der Waals surface area contributed by atoms with Gasteiger partial charge in [0.1, 0.15) is 0 Å². The molecular formula is C24H26N4OS. The third-order valence-electron chi connectivity index (χ3n) is 5.46. The van der Waals surface area contributed by atoms with Crippen molar-refractivity contribution in [3.63, 3.8) is 0 Å². The summed E-state index contributed by atoms with van der Waals surface area (Å²) in [7, 11) is 0. The van der Waals surface area contributed by atoms with Crippen molar-refractivity contribution in [1.82, 2.24) is 14.6 Å². The Hall–Kier alpha value is -2.86. The first kappa shape index (κ1) is 20.4. The first-order valence-electron chi connectivity index (χ1n) is 10.3. The monoisotopic (exact) mass is 418 g/mol. The number of nitrogens with zero attached hydrogens (tertiary/aromatic N) is 3. The third-order valence-corrected chi connectivity index (χ3v) is 6.76. The molecule has 0 saturated heterocycles. The van der Waals surface area contributed by atoms with Gasteiger partial charge >= 0.3 is 0 Å². The molecule has 30 heavy (non-hydrogen) atoms. The van der Waals surface area contributed by atoms with Gasteiger partial charge in [0.2, 0.25) is 5.91 Å². The summed E-state index contributed by atoms with van der Waals surface area (Å²) in [6.07, 6.45) is 1.57. The van der Waals surface area contributed by atoms with Crippen LogP contribution in [0.1, 0.15) is 37.0 Å². The molecule has 0 bridgehead atoms. The second-order valence-corrected chi connectivity index (χ2v) is 8.66. The van der Waals surface area contributed by atoms with Gasteiger partial charge in [-0.3, -0.25) is 9.20 Å². The number of rotatable bonds is 6. The Bertz CT molecular complexity index is 1230. The molecule has 1 unspecified atom stereocenters. The van der Waals surface area contributed by atoms with Crippen LogP contribution in [0.5, 0.6) is 0 Å². The molecule has 4 aromatic rings. The molecular weight excluding hydrogens is 392 g/mol. The van der Waals surface area contributed by atoms with Gasteiger partial charge in [0, 0.05) is 11.1 Å². The number of carbonyl (C=O) groups excluding carboxylic acids is 1. The molecule has 1 amide bonds. The van der Waals surface area contributed by atoms with Crippen LogP contribution in [0, 0.1) is 13.8 Å². The van der Waals surface area contributed by atoms with Gasteiger partial charge < -0.3 is 5.32 Å². The van der Waals surface area contributed by atoms with E-state index in [0.29, 0.717) is 6.42 Å². The van der Waals surface area contributed by atoms with Crippen LogP contribution in [0.25, 0.3) is 16.6 Å². The summed E-state index contributed by atoms with van der Waals surface area (Å²) in [5.74, 6) is -0.00621. The molecule has 1 N–H and O–H groups in total. The van der Waals surface area contributed by atoms with Crippen molar-refractivity contribution in [2.75, 3.05) is 5.32 Å². The molecule has 0 spiro atoms. The SMILES string of the molecule is CCc1ccccc1NC(=O)C(CC)Sc1nnc2cc(C)c3cccc(C)c3n12. The number of hydrogen-bond acceptors (Lipinski definition) is 4. The summed E-state index contributed by atoms with van der Waals surface area (Å²) in [6.45, 7) is 8.31. The van der Waals surface area contributed by atoms with Crippen LogP contribution >= 0.6 is 11.8 Å². The van der Waals surface area contributed by atoms with Gasteiger partial charge in [-0.2, -0.15) is 0 Å². The Morgan fingerprint density at radius 3 is 2.63 bits per heavy atom. The molecule has 154 valence electrons. The fraction of sp³-hybridized carbons (Fsp3) is 0.292. The average Bonchev–Trinajstić information content (AvgIpc) is 3.14.